The van der Waals surface area contributed by atoms with E-state index in [1.54, 1.807) is 6.92 Å². The summed E-state index contributed by atoms with van der Waals surface area (Å²) < 4.78 is 37.4. The van der Waals surface area contributed by atoms with Crippen molar-refractivity contribution in [1.82, 2.24) is 4.90 Å². The van der Waals surface area contributed by atoms with E-state index in [2.05, 4.69) is 4.90 Å². The van der Waals surface area contributed by atoms with Gasteiger partial charge in [0.1, 0.15) is 0 Å². The number of rotatable bonds is 4. The molecule has 1 aromatic rings. The van der Waals surface area contributed by atoms with Crippen LogP contribution in [0.2, 0.25) is 0 Å². The quantitative estimate of drug-likeness (QED) is 0.825. The molecule has 1 aromatic carbocycles. The highest BCUT2D eigenvalue weighted by Gasteiger charge is 2.15. The summed E-state index contributed by atoms with van der Waals surface area (Å²) in [5, 5.41) is 0. The van der Waals surface area contributed by atoms with Crippen LogP contribution in [0, 0.1) is 11.6 Å². The lowest BCUT2D eigenvalue weighted by Crippen LogP contribution is -2.35. The molecule has 0 unspecified atom stereocenters. The van der Waals surface area contributed by atoms with E-state index in [-0.39, 0.29) is 12.4 Å². The normalized spacial score (nSPS) is 16.8. The first-order valence-electron chi connectivity index (χ1n) is 6.11. The zero-order valence-electron chi connectivity index (χ0n) is 10.4. The molecule has 1 fully saturated rings. The molecule has 1 aliphatic rings. The number of ether oxygens (including phenoxy) is 2. The third-order valence-corrected chi connectivity index (χ3v) is 2.86. The molecule has 1 aliphatic heterocycles. The lowest BCUT2D eigenvalue weighted by Gasteiger charge is -2.26. The van der Waals surface area contributed by atoms with E-state index in [0.29, 0.717) is 25.3 Å². The van der Waals surface area contributed by atoms with Crippen molar-refractivity contribution < 1.29 is 18.3 Å². The SMILES string of the molecule is CCOc1c(F)cc(CN2CCOCC2)cc1F. The minimum Gasteiger partial charge on any atom is -0.488 e. The van der Waals surface area contributed by atoms with Crippen LogP contribution in [0.25, 0.3) is 0 Å². The van der Waals surface area contributed by atoms with Gasteiger partial charge in [-0.1, -0.05) is 0 Å². The van der Waals surface area contributed by atoms with Crippen LogP contribution in [0.15, 0.2) is 12.1 Å². The van der Waals surface area contributed by atoms with Gasteiger partial charge in [-0.3, -0.25) is 4.90 Å². The van der Waals surface area contributed by atoms with E-state index < -0.39 is 11.6 Å². The predicted octanol–water partition coefficient (Wildman–Crippen LogP) is 2.20. The van der Waals surface area contributed by atoms with Gasteiger partial charge >= 0.3 is 0 Å². The van der Waals surface area contributed by atoms with Gasteiger partial charge in [-0.2, -0.15) is 0 Å². The molecule has 1 heterocycles. The molecule has 0 N–H and O–H groups in total. The number of nitrogens with zero attached hydrogens (tertiary/aromatic N) is 1. The van der Waals surface area contributed by atoms with Gasteiger partial charge in [0.2, 0.25) is 0 Å². The molecule has 3 nitrogen and oxygen atoms in total. The fourth-order valence-electron chi connectivity index (χ4n) is 2.00. The molecule has 0 bridgehead atoms. The summed E-state index contributed by atoms with van der Waals surface area (Å²) in [7, 11) is 0. The maximum absolute atomic E-state index is 13.6. The maximum Gasteiger partial charge on any atom is 0.190 e. The molecule has 18 heavy (non-hydrogen) atoms. The Morgan fingerprint density at radius 1 is 1.22 bits per heavy atom. The van der Waals surface area contributed by atoms with Gasteiger partial charge in [-0.25, -0.2) is 8.78 Å². The Balaban J connectivity index is 2.09. The van der Waals surface area contributed by atoms with Gasteiger partial charge in [0.15, 0.2) is 17.4 Å². The molecule has 0 atom stereocenters. The second-order valence-electron chi connectivity index (χ2n) is 4.21. The molecule has 5 heteroatoms. The molecule has 0 saturated carbocycles. The molecule has 1 saturated heterocycles. The zero-order chi connectivity index (χ0) is 13.0. The summed E-state index contributed by atoms with van der Waals surface area (Å²) in [6.07, 6.45) is 0. The molecule has 0 aliphatic carbocycles. The van der Waals surface area contributed by atoms with Crippen LogP contribution in [-0.4, -0.2) is 37.8 Å². The Hall–Kier alpha value is -1.20. The predicted molar refractivity (Wildman–Crippen MR) is 63.6 cm³/mol. The second-order valence-corrected chi connectivity index (χ2v) is 4.21. The first-order chi connectivity index (χ1) is 8.70. The molecule has 0 aromatic heterocycles. The molecular weight excluding hydrogens is 240 g/mol. The van der Waals surface area contributed by atoms with E-state index in [9.17, 15) is 8.78 Å². The first-order valence-corrected chi connectivity index (χ1v) is 6.11. The fraction of sp³-hybridized carbons (Fsp3) is 0.538. The highest BCUT2D eigenvalue weighted by atomic mass is 19.1. The van der Waals surface area contributed by atoms with Crippen molar-refractivity contribution in [2.45, 2.75) is 13.5 Å². The average molecular weight is 257 g/mol. The van der Waals surface area contributed by atoms with E-state index in [1.807, 2.05) is 0 Å². The van der Waals surface area contributed by atoms with Crippen molar-refractivity contribution >= 4 is 0 Å². The second kappa shape index (κ2) is 6.11. The molecule has 100 valence electrons. The zero-order valence-corrected chi connectivity index (χ0v) is 10.4. The molecule has 0 radical (unpaired) electrons. The van der Waals surface area contributed by atoms with Gasteiger partial charge in [0.05, 0.1) is 19.8 Å². The molecular formula is C13H17F2NO2. The Labute approximate surface area is 105 Å². The standard InChI is InChI=1S/C13H17F2NO2/c1-2-18-13-11(14)7-10(8-12(13)15)9-16-3-5-17-6-4-16/h7-8H,2-6,9H2,1H3. The number of benzene rings is 1. The summed E-state index contributed by atoms with van der Waals surface area (Å²) in [6.45, 7) is 5.39. The first kappa shape index (κ1) is 13.2. The monoisotopic (exact) mass is 257 g/mol. The van der Waals surface area contributed by atoms with Crippen LogP contribution in [-0.2, 0) is 11.3 Å². The van der Waals surface area contributed by atoms with Gasteiger partial charge < -0.3 is 9.47 Å². The largest absolute Gasteiger partial charge is 0.488 e. The van der Waals surface area contributed by atoms with E-state index in [0.717, 1.165) is 13.1 Å². The van der Waals surface area contributed by atoms with Crippen molar-refractivity contribution in [1.29, 1.82) is 0 Å². The van der Waals surface area contributed by atoms with Crippen molar-refractivity contribution in [3.05, 3.63) is 29.3 Å². The van der Waals surface area contributed by atoms with Crippen LogP contribution < -0.4 is 4.74 Å². The van der Waals surface area contributed by atoms with Gasteiger partial charge in [-0.15, -0.1) is 0 Å². The number of hydrogen-bond donors (Lipinski definition) is 0. The molecule has 0 spiro atoms. The van der Waals surface area contributed by atoms with E-state index >= 15 is 0 Å². The lowest BCUT2D eigenvalue weighted by molar-refractivity contribution is 0.0341. The molecule has 0 amide bonds. The van der Waals surface area contributed by atoms with Gasteiger partial charge in [0, 0.05) is 19.6 Å². The van der Waals surface area contributed by atoms with Crippen LogP contribution in [0.1, 0.15) is 12.5 Å². The third-order valence-electron chi connectivity index (χ3n) is 2.86. The van der Waals surface area contributed by atoms with E-state index in [1.165, 1.54) is 12.1 Å². The number of morpholine rings is 1. The minimum atomic E-state index is -0.639. The lowest BCUT2D eigenvalue weighted by atomic mass is 10.2. The average Bonchev–Trinajstić information content (AvgIpc) is 2.35. The van der Waals surface area contributed by atoms with Crippen LogP contribution >= 0.6 is 0 Å². The Bertz CT molecular complexity index is 383. The summed E-state index contributed by atoms with van der Waals surface area (Å²) in [4.78, 5) is 2.11. The Morgan fingerprint density at radius 3 is 2.39 bits per heavy atom. The maximum atomic E-state index is 13.6. The van der Waals surface area contributed by atoms with Crippen molar-refractivity contribution in [3.63, 3.8) is 0 Å². The topological polar surface area (TPSA) is 21.7 Å². The minimum absolute atomic E-state index is 0.247. The highest BCUT2D eigenvalue weighted by molar-refractivity contribution is 5.31. The molecule has 2 rings (SSSR count). The van der Waals surface area contributed by atoms with Crippen molar-refractivity contribution in [2.24, 2.45) is 0 Å². The summed E-state index contributed by atoms with van der Waals surface area (Å²) in [5.41, 5.74) is 0.621. The van der Waals surface area contributed by atoms with Crippen LogP contribution in [0.5, 0.6) is 5.75 Å². The van der Waals surface area contributed by atoms with Crippen molar-refractivity contribution in [2.75, 3.05) is 32.9 Å². The highest BCUT2D eigenvalue weighted by Crippen LogP contribution is 2.24. The number of halogens is 2. The van der Waals surface area contributed by atoms with Crippen molar-refractivity contribution in [3.8, 4) is 5.75 Å². The third kappa shape index (κ3) is 3.17. The Morgan fingerprint density at radius 2 is 1.83 bits per heavy atom. The Kier molecular flexibility index (Phi) is 4.49. The summed E-state index contributed by atoms with van der Waals surface area (Å²) in [6, 6.07) is 2.67. The van der Waals surface area contributed by atoms with Crippen LogP contribution in [0.3, 0.4) is 0 Å². The fourth-order valence-corrected chi connectivity index (χ4v) is 2.00. The van der Waals surface area contributed by atoms with Crippen LogP contribution in [0.4, 0.5) is 8.78 Å². The number of hydrogen-bond acceptors (Lipinski definition) is 3. The smallest absolute Gasteiger partial charge is 0.190 e. The van der Waals surface area contributed by atoms with Gasteiger partial charge in [0.25, 0.3) is 0 Å². The summed E-state index contributed by atoms with van der Waals surface area (Å²) >= 11 is 0. The van der Waals surface area contributed by atoms with E-state index in [4.69, 9.17) is 9.47 Å². The summed E-state index contributed by atoms with van der Waals surface area (Å²) in [5.74, 6) is -1.57. The van der Waals surface area contributed by atoms with Gasteiger partial charge in [-0.05, 0) is 24.6 Å².